The quantitative estimate of drug-likeness (QED) is 0.717. The van der Waals surface area contributed by atoms with Gasteiger partial charge in [-0.3, -0.25) is 9.59 Å². The lowest BCUT2D eigenvalue weighted by atomic mass is 10.0. The summed E-state index contributed by atoms with van der Waals surface area (Å²) < 4.78 is 0. The second kappa shape index (κ2) is 5.65. The van der Waals surface area contributed by atoms with Crippen molar-refractivity contribution >= 4 is 17.8 Å². The van der Waals surface area contributed by atoms with Crippen LogP contribution in [0.1, 0.15) is 26.7 Å². The van der Waals surface area contributed by atoms with Gasteiger partial charge in [-0.1, -0.05) is 20.3 Å². The summed E-state index contributed by atoms with van der Waals surface area (Å²) in [7, 11) is 0. The first-order chi connectivity index (χ1) is 7.97. The molecule has 1 aliphatic heterocycles. The van der Waals surface area contributed by atoms with E-state index in [2.05, 4.69) is 5.32 Å². The van der Waals surface area contributed by atoms with E-state index in [0.29, 0.717) is 6.42 Å². The number of piperazine rings is 1. The van der Waals surface area contributed by atoms with Crippen LogP contribution in [0.15, 0.2) is 0 Å². The second-order valence-electron chi connectivity index (χ2n) is 4.31. The van der Waals surface area contributed by atoms with Gasteiger partial charge in [0, 0.05) is 12.5 Å². The van der Waals surface area contributed by atoms with E-state index in [0.717, 1.165) is 6.42 Å². The molecule has 0 aliphatic carbocycles. The average Bonchev–Trinajstić information content (AvgIpc) is 2.27. The molecular formula is C11H18N2O4. The highest BCUT2D eigenvalue weighted by molar-refractivity contribution is 5.91. The highest BCUT2D eigenvalue weighted by Gasteiger charge is 2.36. The van der Waals surface area contributed by atoms with Crippen molar-refractivity contribution in [1.82, 2.24) is 10.2 Å². The Labute approximate surface area is 100.0 Å². The van der Waals surface area contributed by atoms with Crippen LogP contribution in [-0.4, -0.2) is 46.9 Å². The maximum atomic E-state index is 12.0. The topological polar surface area (TPSA) is 86.7 Å². The summed E-state index contributed by atoms with van der Waals surface area (Å²) in [5.41, 5.74) is 0. The third-order valence-corrected chi connectivity index (χ3v) is 2.89. The number of hydrogen-bond acceptors (Lipinski definition) is 3. The van der Waals surface area contributed by atoms with Crippen molar-refractivity contribution in [3.63, 3.8) is 0 Å². The third kappa shape index (κ3) is 3.18. The van der Waals surface area contributed by atoms with E-state index in [9.17, 15) is 14.4 Å². The Kier molecular flexibility index (Phi) is 4.48. The van der Waals surface area contributed by atoms with Crippen LogP contribution in [-0.2, 0) is 14.4 Å². The van der Waals surface area contributed by atoms with Gasteiger partial charge in [0.25, 0.3) is 0 Å². The normalized spacial score (nSPS) is 21.9. The molecule has 2 atom stereocenters. The molecule has 0 saturated carbocycles. The third-order valence-electron chi connectivity index (χ3n) is 2.89. The van der Waals surface area contributed by atoms with Crippen LogP contribution in [0.2, 0.25) is 0 Å². The summed E-state index contributed by atoms with van der Waals surface area (Å²) in [5.74, 6) is -1.89. The Morgan fingerprint density at radius 2 is 2.24 bits per heavy atom. The van der Waals surface area contributed by atoms with Crippen LogP contribution in [0, 0.1) is 5.92 Å². The number of carboxylic acid groups (broad SMARTS) is 1. The lowest BCUT2D eigenvalue weighted by molar-refractivity contribution is -0.155. The molecule has 96 valence electrons. The molecule has 6 nitrogen and oxygen atoms in total. The van der Waals surface area contributed by atoms with Gasteiger partial charge >= 0.3 is 5.97 Å². The van der Waals surface area contributed by atoms with Crippen molar-refractivity contribution in [3.05, 3.63) is 0 Å². The number of carbonyl (C=O) groups is 3. The van der Waals surface area contributed by atoms with E-state index >= 15 is 0 Å². The molecule has 17 heavy (non-hydrogen) atoms. The predicted octanol–water partition coefficient (Wildman–Crippen LogP) is -0.166. The first-order valence-electron chi connectivity index (χ1n) is 5.77. The number of rotatable bonds is 4. The number of amides is 2. The Balaban J connectivity index is 2.78. The second-order valence-corrected chi connectivity index (χ2v) is 4.31. The fraction of sp³-hybridized carbons (Fsp3) is 0.727. The minimum atomic E-state index is -1.08. The van der Waals surface area contributed by atoms with E-state index < -0.39 is 12.0 Å². The molecule has 6 heteroatoms. The van der Waals surface area contributed by atoms with Gasteiger partial charge in [0.1, 0.15) is 12.6 Å². The van der Waals surface area contributed by atoms with Gasteiger partial charge in [-0.2, -0.15) is 0 Å². The SMILES string of the molecule is CCCC(C)C(=O)N1CC(=O)NCC1C(=O)O. The van der Waals surface area contributed by atoms with Gasteiger partial charge < -0.3 is 15.3 Å². The van der Waals surface area contributed by atoms with Gasteiger partial charge in [0.2, 0.25) is 11.8 Å². The molecule has 0 aromatic heterocycles. The van der Waals surface area contributed by atoms with Gasteiger partial charge in [0.15, 0.2) is 0 Å². The maximum absolute atomic E-state index is 12.0. The highest BCUT2D eigenvalue weighted by atomic mass is 16.4. The van der Waals surface area contributed by atoms with Crippen LogP contribution < -0.4 is 5.32 Å². The fourth-order valence-electron chi connectivity index (χ4n) is 1.93. The standard InChI is InChI=1S/C11H18N2O4/c1-3-4-7(2)10(15)13-6-9(14)12-5-8(13)11(16)17/h7-8H,3-6H2,1-2H3,(H,12,14)(H,16,17). The van der Waals surface area contributed by atoms with Crippen molar-refractivity contribution in [3.8, 4) is 0 Å². The van der Waals surface area contributed by atoms with Gasteiger partial charge in [-0.25, -0.2) is 4.79 Å². The molecule has 0 aromatic carbocycles. The van der Waals surface area contributed by atoms with Gasteiger partial charge in [-0.15, -0.1) is 0 Å². The number of hydrogen-bond donors (Lipinski definition) is 2. The Morgan fingerprint density at radius 3 is 2.76 bits per heavy atom. The Morgan fingerprint density at radius 1 is 1.59 bits per heavy atom. The maximum Gasteiger partial charge on any atom is 0.328 e. The summed E-state index contributed by atoms with van der Waals surface area (Å²) >= 11 is 0. The van der Waals surface area contributed by atoms with Gasteiger partial charge in [-0.05, 0) is 6.42 Å². The molecule has 1 heterocycles. The van der Waals surface area contributed by atoms with Crippen molar-refractivity contribution in [2.75, 3.05) is 13.1 Å². The zero-order valence-corrected chi connectivity index (χ0v) is 10.1. The number of carbonyl (C=O) groups excluding carboxylic acids is 2. The Hall–Kier alpha value is -1.59. The molecule has 2 N–H and O–H groups in total. The molecular weight excluding hydrogens is 224 g/mol. The smallest absolute Gasteiger partial charge is 0.328 e. The lowest BCUT2D eigenvalue weighted by Gasteiger charge is -2.34. The molecule has 1 rings (SSSR count). The zero-order chi connectivity index (χ0) is 13.0. The van der Waals surface area contributed by atoms with E-state index in [1.165, 1.54) is 4.90 Å². The predicted molar refractivity (Wildman–Crippen MR) is 60.2 cm³/mol. The van der Waals surface area contributed by atoms with E-state index in [1.54, 1.807) is 6.92 Å². The first-order valence-corrected chi connectivity index (χ1v) is 5.77. The molecule has 1 fully saturated rings. The molecule has 1 saturated heterocycles. The van der Waals surface area contributed by atoms with Gasteiger partial charge in [0.05, 0.1) is 0 Å². The summed E-state index contributed by atoms with van der Waals surface area (Å²) in [6, 6.07) is -0.945. The fourth-order valence-corrected chi connectivity index (χ4v) is 1.93. The Bertz CT molecular complexity index is 329. The van der Waals surface area contributed by atoms with Crippen LogP contribution in [0.25, 0.3) is 0 Å². The van der Waals surface area contributed by atoms with Crippen LogP contribution in [0.3, 0.4) is 0 Å². The number of nitrogens with one attached hydrogen (secondary N) is 1. The van der Waals surface area contributed by atoms with Crippen LogP contribution >= 0.6 is 0 Å². The lowest BCUT2D eigenvalue weighted by Crippen LogP contribution is -2.60. The summed E-state index contributed by atoms with van der Waals surface area (Å²) in [6.07, 6.45) is 1.55. The van der Waals surface area contributed by atoms with Crippen molar-refractivity contribution in [1.29, 1.82) is 0 Å². The highest BCUT2D eigenvalue weighted by Crippen LogP contribution is 2.14. The molecule has 0 aromatic rings. The number of carboxylic acids is 1. The minimum absolute atomic E-state index is 0.0151. The van der Waals surface area contributed by atoms with Crippen LogP contribution in [0.5, 0.6) is 0 Å². The summed E-state index contributed by atoms with van der Waals surface area (Å²) in [6.45, 7) is 3.54. The van der Waals surface area contributed by atoms with Crippen LogP contribution in [0.4, 0.5) is 0 Å². The van der Waals surface area contributed by atoms with E-state index in [1.807, 2.05) is 6.92 Å². The molecule has 0 spiro atoms. The number of aliphatic carboxylic acids is 1. The molecule has 2 unspecified atom stereocenters. The zero-order valence-electron chi connectivity index (χ0n) is 10.1. The van der Waals surface area contributed by atoms with Crippen molar-refractivity contribution < 1.29 is 19.5 Å². The minimum Gasteiger partial charge on any atom is -0.480 e. The van der Waals surface area contributed by atoms with E-state index in [4.69, 9.17) is 5.11 Å². The first kappa shape index (κ1) is 13.5. The monoisotopic (exact) mass is 242 g/mol. The summed E-state index contributed by atoms with van der Waals surface area (Å²) in [4.78, 5) is 35.4. The van der Waals surface area contributed by atoms with E-state index in [-0.39, 0.29) is 30.8 Å². The number of nitrogens with zero attached hydrogens (tertiary/aromatic N) is 1. The van der Waals surface area contributed by atoms with Crippen molar-refractivity contribution in [2.45, 2.75) is 32.7 Å². The molecule has 0 bridgehead atoms. The summed E-state index contributed by atoms with van der Waals surface area (Å²) in [5, 5.41) is 11.5. The largest absolute Gasteiger partial charge is 0.480 e. The molecule has 0 radical (unpaired) electrons. The van der Waals surface area contributed by atoms with Crippen molar-refractivity contribution in [2.24, 2.45) is 5.92 Å². The molecule has 2 amide bonds. The molecule has 1 aliphatic rings. The average molecular weight is 242 g/mol.